The van der Waals surface area contributed by atoms with Gasteiger partial charge in [-0.15, -0.1) is 0 Å². The lowest BCUT2D eigenvalue weighted by atomic mass is 10.0. The highest BCUT2D eigenvalue weighted by Gasteiger charge is 2.32. The number of nitrogens with one attached hydrogen (secondary N) is 1. The van der Waals surface area contributed by atoms with Crippen molar-refractivity contribution in [2.45, 2.75) is 0 Å². The Morgan fingerprint density at radius 2 is 1.86 bits per heavy atom. The van der Waals surface area contributed by atoms with Gasteiger partial charge in [0.05, 0.1) is 11.4 Å². The molecule has 2 aromatic carbocycles. The molecule has 0 unspecified atom stereocenters. The molecule has 0 amide bonds. The first-order valence-corrected chi connectivity index (χ1v) is 8.64. The molecule has 5 rings (SSSR count). The van der Waals surface area contributed by atoms with Crippen LogP contribution in [0.2, 0.25) is 0 Å². The maximum atomic E-state index is 12.8. The summed E-state index contributed by atoms with van der Waals surface area (Å²) in [4.78, 5) is 20.5. The second-order valence-electron chi connectivity index (χ2n) is 6.45. The molecule has 1 aliphatic heterocycles. The summed E-state index contributed by atoms with van der Waals surface area (Å²) >= 11 is 0. The predicted molar refractivity (Wildman–Crippen MR) is 104 cm³/mol. The van der Waals surface area contributed by atoms with Gasteiger partial charge in [-0.25, -0.2) is 0 Å². The van der Waals surface area contributed by atoms with Gasteiger partial charge in [-0.3, -0.25) is 9.78 Å². The van der Waals surface area contributed by atoms with E-state index in [1.165, 1.54) is 6.07 Å². The number of phenols is 2. The summed E-state index contributed by atoms with van der Waals surface area (Å²) in [6.07, 6.45) is 3.34. The van der Waals surface area contributed by atoms with E-state index in [4.69, 9.17) is 4.74 Å². The molecule has 0 saturated heterocycles. The molecular formula is C22H14N2O4. The van der Waals surface area contributed by atoms with Crippen LogP contribution in [0.4, 0.5) is 0 Å². The quantitative estimate of drug-likeness (QED) is 0.458. The number of allylic oxidation sites excluding steroid dienone is 1. The number of carbonyl (C=O) groups excluding carboxylic acids is 1. The third kappa shape index (κ3) is 2.43. The van der Waals surface area contributed by atoms with Crippen molar-refractivity contribution in [3.8, 4) is 28.6 Å². The molecule has 4 aromatic rings. The molecule has 0 radical (unpaired) electrons. The van der Waals surface area contributed by atoms with E-state index < -0.39 is 5.78 Å². The van der Waals surface area contributed by atoms with Crippen molar-refractivity contribution in [3.63, 3.8) is 0 Å². The summed E-state index contributed by atoms with van der Waals surface area (Å²) in [5, 5.41) is 20.6. The minimum absolute atomic E-state index is 0.0447. The summed E-state index contributed by atoms with van der Waals surface area (Å²) in [6, 6.07) is 15.8. The van der Waals surface area contributed by atoms with Gasteiger partial charge in [-0.05, 0) is 24.3 Å². The maximum Gasteiger partial charge on any atom is 0.235 e. The standard InChI is InChI=1S/C22H14N2O4/c25-12-9-17(26)20-18(10-12)28-19(22(20)27)11-14-13-5-1-2-6-15(13)24-21(14)16-7-3-4-8-23-16/h1-11,24-26H. The molecule has 3 heterocycles. The number of benzene rings is 2. The van der Waals surface area contributed by atoms with Crippen LogP contribution in [0.3, 0.4) is 0 Å². The van der Waals surface area contributed by atoms with E-state index in [1.54, 1.807) is 12.3 Å². The minimum atomic E-state index is -0.440. The highest BCUT2D eigenvalue weighted by Crippen LogP contribution is 2.41. The van der Waals surface area contributed by atoms with E-state index in [0.717, 1.165) is 33.9 Å². The van der Waals surface area contributed by atoms with Gasteiger partial charge in [-0.2, -0.15) is 0 Å². The third-order valence-corrected chi connectivity index (χ3v) is 4.68. The van der Waals surface area contributed by atoms with Crippen molar-refractivity contribution in [1.29, 1.82) is 0 Å². The number of rotatable bonds is 2. The SMILES string of the molecule is O=C1C(=Cc2c(-c3ccccn3)[nH]c3ccccc23)Oc2cc(O)cc(O)c21. The van der Waals surface area contributed by atoms with Crippen LogP contribution in [0.25, 0.3) is 28.4 Å². The van der Waals surface area contributed by atoms with E-state index in [0.29, 0.717) is 0 Å². The Morgan fingerprint density at radius 3 is 2.68 bits per heavy atom. The number of aromatic nitrogens is 2. The second-order valence-corrected chi connectivity index (χ2v) is 6.45. The molecule has 1 aliphatic rings. The number of para-hydroxylation sites is 1. The van der Waals surface area contributed by atoms with Crippen molar-refractivity contribution in [3.05, 3.63) is 77.7 Å². The number of pyridine rings is 1. The Kier molecular flexibility index (Phi) is 3.45. The van der Waals surface area contributed by atoms with E-state index in [9.17, 15) is 15.0 Å². The van der Waals surface area contributed by atoms with Crippen molar-refractivity contribution in [2.24, 2.45) is 0 Å². The fourth-order valence-corrected chi connectivity index (χ4v) is 3.44. The van der Waals surface area contributed by atoms with Gasteiger partial charge < -0.3 is 19.9 Å². The second kappa shape index (κ2) is 5.99. The molecule has 0 fully saturated rings. The zero-order chi connectivity index (χ0) is 19.3. The van der Waals surface area contributed by atoms with E-state index >= 15 is 0 Å². The van der Waals surface area contributed by atoms with Crippen LogP contribution >= 0.6 is 0 Å². The fraction of sp³-hybridized carbons (Fsp3) is 0. The van der Waals surface area contributed by atoms with Crippen LogP contribution in [0, 0.1) is 0 Å². The van der Waals surface area contributed by atoms with Gasteiger partial charge in [0.1, 0.15) is 22.8 Å². The first-order valence-electron chi connectivity index (χ1n) is 8.64. The summed E-state index contributed by atoms with van der Waals surface area (Å²) in [5.74, 6) is -0.727. The van der Waals surface area contributed by atoms with Crippen LogP contribution in [-0.2, 0) is 0 Å². The highest BCUT2D eigenvalue weighted by atomic mass is 16.5. The normalized spacial score (nSPS) is 14.4. The van der Waals surface area contributed by atoms with Crippen LogP contribution in [0.5, 0.6) is 17.2 Å². The predicted octanol–water partition coefficient (Wildman–Crippen LogP) is 4.26. The first-order chi connectivity index (χ1) is 13.6. The zero-order valence-corrected chi connectivity index (χ0v) is 14.5. The monoisotopic (exact) mass is 370 g/mol. The van der Waals surface area contributed by atoms with Gasteiger partial charge in [-0.1, -0.05) is 24.3 Å². The number of ketones is 1. The van der Waals surface area contributed by atoms with Gasteiger partial charge in [0.2, 0.25) is 5.78 Å². The molecule has 28 heavy (non-hydrogen) atoms. The van der Waals surface area contributed by atoms with Crippen LogP contribution < -0.4 is 4.74 Å². The molecule has 6 heteroatoms. The maximum absolute atomic E-state index is 12.8. The number of phenolic OH excluding ortho intramolecular Hbond substituents is 2. The molecule has 0 saturated carbocycles. The number of carbonyl (C=O) groups is 1. The number of ether oxygens (including phenoxy) is 1. The molecule has 0 bridgehead atoms. The Bertz CT molecular complexity index is 1270. The van der Waals surface area contributed by atoms with Gasteiger partial charge in [0, 0.05) is 34.8 Å². The van der Waals surface area contributed by atoms with Crippen LogP contribution in [-0.4, -0.2) is 26.0 Å². The summed E-state index contributed by atoms with van der Waals surface area (Å²) in [6.45, 7) is 0. The van der Waals surface area contributed by atoms with Crippen molar-refractivity contribution >= 4 is 22.8 Å². The number of aromatic amines is 1. The smallest absolute Gasteiger partial charge is 0.235 e. The minimum Gasteiger partial charge on any atom is -0.508 e. The number of hydrogen-bond donors (Lipinski definition) is 3. The summed E-state index contributed by atoms with van der Waals surface area (Å²) < 4.78 is 5.65. The zero-order valence-electron chi connectivity index (χ0n) is 14.5. The lowest BCUT2D eigenvalue weighted by molar-refractivity contribution is 0.101. The number of fused-ring (bicyclic) bond motifs is 2. The topological polar surface area (TPSA) is 95.4 Å². The molecule has 3 N–H and O–H groups in total. The molecule has 0 atom stereocenters. The fourth-order valence-electron chi connectivity index (χ4n) is 3.44. The van der Waals surface area contributed by atoms with Gasteiger partial charge in [0.25, 0.3) is 0 Å². The van der Waals surface area contributed by atoms with Gasteiger partial charge in [0.15, 0.2) is 5.76 Å². The summed E-state index contributed by atoms with van der Waals surface area (Å²) in [5.41, 5.74) is 3.19. The molecule has 2 aromatic heterocycles. The number of hydrogen-bond acceptors (Lipinski definition) is 5. The lowest BCUT2D eigenvalue weighted by Crippen LogP contribution is -1.98. The van der Waals surface area contributed by atoms with Crippen LogP contribution in [0.15, 0.2) is 66.6 Å². The van der Waals surface area contributed by atoms with E-state index in [-0.39, 0.29) is 28.6 Å². The van der Waals surface area contributed by atoms with E-state index in [1.807, 2.05) is 42.5 Å². The number of H-pyrrole nitrogens is 1. The Hall–Kier alpha value is -4.06. The molecule has 136 valence electrons. The first kappa shape index (κ1) is 16.1. The molecule has 6 nitrogen and oxygen atoms in total. The molecule has 0 aliphatic carbocycles. The Balaban J connectivity index is 1.70. The average molecular weight is 370 g/mol. The Labute approximate surface area is 159 Å². The lowest BCUT2D eigenvalue weighted by Gasteiger charge is -2.02. The number of nitrogens with zero attached hydrogens (tertiary/aromatic N) is 1. The number of aromatic hydroxyl groups is 2. The highest BCUT2D eigenvalue weighted by molar-refractivity contribution is 6.17. The molecular weight excluding hydrogens is 356 g/mol. The Morgan fingerprint density at radius 1 is 1.04 bits per heavy atom. The largest absolute Gasteiger partial charge is 0.508 e. The van der Waals surface area contributed by atoms with Crippen molar-refractivity contribution in [2.75, 3.05) is 0 Å². The van der Waals surface area contributed by atoms with Crippen molar-refractivity contribution < 1.29 is 19.7 Å². The van der Waals surface area contributed by atoms with Gasteiger partial charge >= 0.3 is 0 Å². The average Bonchev–Trinajstić information content (AvgIpc) is 3.21. The van der Waals surface area contributed by atoms with Crippen molar-refractivity contribution in [1.82, 2.24) is 9.97 Å². The summed E-state index contributed by atoms with van der Waals surface area (Å²) in [7, 11) is 0. The molecule has 0 spiro atoms. The van der Waals surface area contributed by atoms with E-state index in [2.05, 4.69) is 9.97 Å². The van der Waals surface area contributed by atoms with Crippen LogP contribution in [0.1, 0.15) is 15.9 Å². The third-order valence-electron chi connectivity index (χ3n) is 4.68. The number of Topliss-reactive ketones (excluding diaryl/α,β-unsaturated/α-hetero) is 1.